The SMILES string of the molecule is CC1(Nc2ccc(N)c(N)c2)CCOCC1. The van der Waals surface area contributed by atoms with Crippen LogP contribution in [0.15, 0.2) is 18.2 Å². The largest absolute Gasteiger partial charge is 0.397 e. The molecule has 2 rings (SSSR count). The van der Waals surface area contributed by atoms with E-state index in [9.17, 15) is 0 Å². The summed E-state index contributed by atoms with van der Waals surface area (Å²) >= 11 is 0. The number of benzene rings is 1. The van der Waals surface area contributed by atoms with Gasteiger partial charge in [-0.3, -0.25) is 0 Å². The normalized spacial score (nSPS) is 19.3. The third-order valence-electron chi connectivity index (χ3n) is 3.13. The average Bonchev–Trinajstić information content (AvgIpc) is 2.24. The van der Waals surface area contributed by atoms with Crippen molar-refractivity contribution < 1.29 is 4.74 Å². The lowest BCUT2D eigenvalue weighted by atomic mass is 9.92. The van der Waals surface area contributed by atoms with Crippen molar-refractivity contribution in [3.63, 3.8) is 0 Å². The minimum atomic E-state index is 0.0980. The van der Waals surface area contributed by atoms with E-state index >= 15 is 0 Å². The smallest absolute Gasteiger partial charge is 0.0568 e. The third-order valence-corrected chi connectivity index (χ3v) is 3.13. The Balaban J connectivity index is 2.10. The summed E-state index contributed by atoms with van der Waals surface area (Å²) in [7, 11) is 0. The number of ether oxygens (including phenoxy) is 1. The topological polar surface area (TPSA) is 73.3 Å². The first-order valence-electron chi connectivity index (χ1n) is 5.60. The van der Waals surface area contributed by atoms with Crippen LogP contribution < -0.4 is 16.8 Å². The van der Waals surface area contributed by atoms with Crippen LogP contribution in [-0.2, 0) is 4.74 Å². The van der Waals surface area contributed by atoms with E-state index in [4.69, 9.17) is 16.2 Å². The van der Waals surface area contributed by atoms with Crippen LogP contribution >= 0.6 is 0 Å². The van der Waals surface area contributed by atoms with Crippen LogP contribution in [0.5, 0.6) is 0 Å². The zero-order valence-electron chi connectivity index (χ0n) is 9.62. The number of hydrogen-bond acceptors (Lipinski definition) is 4. The fraction of sp³-hybridized carbons (Fsp3) is 0.500. The van der Waals surface area contributed by atoms with Gasteiger partial charge in [0.15, 0.2) is 0 Å². The van der Waals surface area contributed by atoms with Crippen molar-refractivity contribution >= 4 is 17.1 Å². The van der Waals surface area contributed by atoms with Crippen LogP contribution in [0.1, 0.15) is 19.8 Å². The highest BCUT2D eigenvalue weighted by Crippen LogP contribution is 2.27. The lowest BCUT2D eigenvalue weighted by Crippen LogP contribution is -2.40. The Morgan fingerprint density at radius 3 is 2.50 bits per heavy atom. The van der Waals surface area contributed by atoms with Gasteiger partial charge in [0.2, 0.25) is 0 Å². The number of nitrogens with one attached hydrogen (secondary N) is 1. The summed E-state index contributed by atoms with van der Waals surface area (Å²) < 4.78 is 5.36. The fourth-order valence-electron chi connectivity index (χ4n) is 1.95. The van der Waals surface area contributed by atoms with Crippen LogP contribution in [0, 0.1) is 0 Å². The minimum Gasteiger partial charge on any atom is -0.397 e. The predicted molar refractivity (Wildman–Crippen MR) is 67.3 cm³/mol. The first-order chi connectivity index (χ1) is 7.59. The van der Waals surface area contributed by atoms with Crippen molar-refractivity contribution in [3.05, 3.63) is 18.2 Å². The van der Waals surface area contributed by atoms with Crippen molar-refractivity contribution in [2.24, 2.45) is 0 Å². The zero-order chi connectivity index (χ0) is 11.6. The van der Waals surface area contributed by atoms with Gasteiger partial charge in [-0.15, -0.1) is 0 Å². The molecule has 0 aliphatic carbocycles. The highest BCUT2D eigenvalue weighted by molar-refractivity contribution is 5.69. The molecule has 1 saturated heterocycles. The molecule has 0 saturated carbocycles. The number of hydrogen-bond donors (Lipinski definition) is 3. The molecule has 0 spiro atoms. The van der Waals surface area contributed by atoms with Gasteiger partial charge in [0.05, 0.1) is 11.4 Å². The van der Waals surface area contributed by atoms with Crippen LogP contribution in [0.3, 0.4) is 0 Å². The number of nitrogens with two attached hydrogens (primary N) is 2. The lowest BCUT2D eigenvalue weighted by Gasteiger charge is -2.35. The average molecular weight is 221 g/mol. The van der Waals surface area contributed by atoms with Gasteiger partial charge < -0.3 is 21.5 Å². The molecule has 1 aliphatic rings. The lowest BCUT2D eigenvalue weighted by molar-refractivity contribution is 0.0658. The Hall–Kier alpha value is -1.42. The molecule has 0 radical (unpaired) electrons. The molecular formula is C12H19N3O. The van der Waals surface area contributed by atoms with E-state index in [1.54, 1.807) is 0 Å². The summed E-state index contributed by atoms with van der Waals surface area (Å²) in [5.41, 5.74) is 13.8. The summed E-state index contributed by atoms with van der Waals surface area (Å²) in [4.78, 5) is 0. The quantitative estimate of drug-likeness (QED) is 0.666. The van der Waals surface area contributed by atoms with E-state index in [0.717, 1.165) is 31.7 Å². The van der Waals surface area contributed by atoms with Crippen molar-refractivity contribution in [3.8, 4) is 0 Å². The van der Waals surface area contributed by atoms with Gasteiger partial charge in [0.25, 0.3) is 0 Å². The second kappa shape index (κ2) is 4.22. The summed E-state index contributed by atoms with van der Waals surface area (Å²) in [5, 5.41) is 3.51. The minimum absolute atomic E-state index is 0.0980. The first-order valence-corrected chi connectivity index (χ1v) is 5.60. The van der Waals surface area contributed by atoms with E-state index in [2.05, 4.69) is 12.2 Å². The van der Waals surface area contributed by atoms with Gasteiger partial charge >= 0.3 is 0 Å². The van der Waals surface area contributed by atoms with Gasteiger partial charge in [-0.1, -0.05) is 0 Å². The Labute approximate surface area is 96.0 Å². The zero-order valence-corrected chi connectivity index (χ0v) is 9.62. The van der Waals surface area contributed by atoms with Crippen molar-refractivity contribution in [1.29, 1.82) is 0 Å². The van der Waals surface area contributed by atoms with Crippen LogP contribution in [0.4, 0.5) is 17.1 Å². The van der Waals surface area contributed by atoms with Gasteiger partial charge in [0.1, 0.15) is 0 Å². The van der Waals surface area contributed by atoms with Crippen molar-refractivity contribution in [1.82, 2.24) is 0 Å². The second-order valence-electron chi connectivity index (χ2n) is 4.64. The maximum absolute atomic E-state index is 5.78. The maximum atomic E-state index is 5.78. The fourth-order valence-corrected chi connectivity index (χ4v) is 1.95. The summed E-state index contributed by atoms with van der Waals surface area (Å²) in [5.74, 6) is 0. The predicted octanol–water partition coefficient (Wildman–Crippen LogP) is 1.83. The van der Waals surface area contributed by atoms with Gasteiger partial charge in [-0.25, -0.2) is 0 Å². The Morgan fingerprint density at radius 1 is 1.19 bits per heavy atom. The molecule has 4 nitrogen and oxygen atoms in total. The van der Waals surface area contributed by atoms with Crippen LogP contribution in [0.2, 0.25) is 0 Å². The second-order valence-corrected chi connectivity index (χ2v) is 4.64. The first kappa shape index (κ1) is 11.1. The molecule has 0 aromatic heterocycles. The Morgan fingerprint density at radius 2 is 1.88 bits per heavy atom. The molecule has 0 unspecified atom stereocenters. The summed E-state index contributed by atoms with van der Waals surface area (Å²) in [6, 6.07) is 5.68. The molecular weight excluding hydrogens is 202 g/mol. The Bertz CT molecular complexity index is 373. The van der Waals surface area contributed by atoms with Gasteiger partial charge in [-0.05, 0) is 38.0 Å². The third kappa shape index (κ3) is 2.39. The van der Waals surface area contributed by atoms with Crippen LogP contribution in [0.25, 0.3) is 0 Å². The monoisotopic (exact) mass is 221 g/mol. The molecule has 1 aromatic rings. The maximum Gasteiger partial charge on any atom is 0.0568 e. The molecule has 88 valence electrons. The highest BCUT2D eigenvalue weighted by Gasteiger charge is 2.26. The van der Waals surface area contributed by atoms with E-state index in [-0.39, 0.29) is 5.54 Å². The summed E-state index contributed by atoms with van der Waals surface area (Å²) in [6.45, 7) is 3.84. The van der Waals surface area contributed by atoms with E-state index in [0.29, 0.717) is 11.4 Å². The number of rotatable bonds is 2. The standard InChI is InChI=1S/C12H19N3O/c1-12(4-6-16-7-5-12)15-9-2-3-10(13)11(14)8-9/h2-3,8,15H,4-7,13-14H2,1H3. The molecule has 0 bridgehead atoms. The molecule has 4 heteroatoms. The molecule has 5 N–H and O–H groups in total. The van der Waals surface area contributed by atoms with E-state index < -0.39 is 0 Å². The summed E-state index contributed by atoms with van der Waals surface area (Å²) in [6.07, 6.45) is 2.02. The molecule has 1 heterocycles. The van der Waals surface area contributed by atoms with Gasteiger partial charge in [-0.2, -0.15) is 0 Å². The van der Waals surface area contributed by atoms with Crippen molar-refractivity contribution in [2.45, 2.75) is 25.3 Å². The highest BCUT2D eigenvalue weighted by atomic mass is 16.5. The number of nitrogen functional groups attached to an aromatic ring is 2. The molecule has 1 aliphatic heterocycles. The molecule has 0 atom stereocenters. The molecule has 1 aromatic carbocycles. The Kier molecular flexibility index (Phi) is 2.92. The molecule has 1 fully saturated rings. The molecule has 0 amide bonds. The van der Waals surface area contributed by atoms with Gasteiger partial charge in [0, 0.05) is 24.4 Å². The van der Waals surface area contributed by atoms with Crippen molar-refractivity contribution in [2.75, 3.05) is 30.0 Å². The van der Waals surface area contributed by atoms with Crippen LogP contribution in [-0.4, -0.2) is 18.8 Å². The number of anilines is 3. The van der Waals surface area contributed by atoms with E-state index in [1.807, 2.05) is 18.2 Å². The van der Waals surface area contributed by atoms with E-state index in [1.165, 1.54) is 0 Å². The molecule has 16 heavy (non-hydrogen) atoms.